The third-order valence-corrected chi connectivity index (χ3v) is 4.01. The Kier molecular flexibility index (Phi) is 4.43. The molecule has 0 saturated carbocycles. The maximum absolute atomic E-state index is 12.9. The Hall–Kier alpha value is -2.90. The van der Waals surface area contributed by atoms with Crippen LogP contribution in [0.3, 0.4) is 0 Å². The van der Waals surface area contributed by atoms with Crippen LogP contribution in [-0.2, 0) is 18.3 Å². The van der Waals surface area contributed by atoms with Crippen LogP contribution in [0.5, 0.6) is 5.75 Å². The Bertz CT molecular complexity index is 1020. The number of fused-ring (bicyclic) bond motifs is 3. The summed E-state index contributed by atoms with van der Waals surface area (Å²) in [6.45, 7) is 6.69. The summed E-state index contributed by atoms with van der Waals surface area (Å²) in [6.07, 6.45) is 1.52. The van der Waals surface area contributed by atoms with Gasteiger partial charge >= 0.3 is 5.97 Å². The lowest BCUT2D eigenvalue weighted by Crippen LogP contribution is -2.21. The molecule has 1 aromatic carbocycles. The van der Waals surface area contributed by atoms with E-state index < -0.39 is 11.4 Å². The van der Waals surface area contributed by atoms with E-state index in [1.165, 1.54) is 6.20 Å². The smallest absolute Gasteiger partial charge is 0.343 e. The number of esters is 1. The van der Waals surface area contributed by atoms with Crippen molar-refractivity contribution in [1.82, 2.24) is 19.6 Å². The van der Waals surface area contributed by atoms with Gasteiger partial charge in [-0.1, -0.05) is 5.21 Å². The molecule has 3 aromatic rings. The number of aryl methyl sites for hydroxylation is 2. The van der Waals surface area contributed by atoms with Gasteiger partial charge < -0.3 is 14.0 Å². The lowest BCUT2D eigenvalue weighted by atomic mass is 10.1. The molecule has 0 fully saturated rings. The average molecular weight is 344 g/mol. The van der Waals surface area contributed by atoms with Gasteiger partial charge in [-0.3, -0.25) is 4.79 Å². The molecule has 0 N–H and O–H groups in total. The fraction of sp³-hybridized carbons (Fsp3) is 0.412. The third kappa shape index (κ3) is 2.63. The highest BCUT2D eigenvalue weighted by Gasteiger charge is 2.22. The summed E-state index contributed by atoms with van der Waals surface area (Å²) >= 11 is 0. The summed E-state index contributed by atoms with van der Waals surface area (Å²) in [6, 6.07) is 1.65. The number of pyridine rings is 1. The Morgan fingerprint density at radius 1 is 1.20 bits per heavy atom. The van der Waals surface area contributed by atoms with Gasteiger partial charge in [0.15, 0.2) is 0 Å². The minimum absolute atomic E-state index is 0.00175. The highest BCUT2D eigenvalue weighted by atomic mass is 16.5. The molecule has 0 unspecified atom stereocenters. The van der Waals surface area contributed by atoms with Crippen molar-refractivity contribution in [3.05, 3.63) is 28.0 Å². The minimum Gasteiger partial charge on any atom is -0.492 e. The van der Waals surface area contributed by atoms with E-state index in [9.17, 15) is 9.59 Å². The second-order valence-corrected chi connectivity index (χ2v) is 5.49. The van der Waals surface area contributed by atoms with Crippen LogP contribution in [-0.4, -0.2) is 38.7 Å². The molecule has 8 heteroatoms. The van der Waals surface area contributed by atoms with Crippen molar-refractivity contribution in [3.63, 3.8) is 0 Å². The molecule has 8 nitrogen and oxygen atoms in total. The van der Waals surface area contributed by atoms with Gasteiger partial charge in [0.2, 0.25) is 5.43 Å². The number of hydrogen-bond acceptors (Lipinski definition) is 6. The number of nitrogens with zero attached hydrogens (tertiary/aromatic N) is 4. The van der Waals surface area contributed by atoms with Crippen molar-refractivity contribution < 1.29 is 14.3 Å². The number of aromatic nitrogens is 4. The monoisotopic (exact) mass is 344 g/mol. The highest BCUT2D eigenvalue weighted by Crippen LogP contribution is 2.31. The van der Waals surface area contributed by atoms with E-state index >= 15 is 0 Å². The zero-order valence-electron chi connectivity index (χ0n) is 14.7. The molecule has 0 spiro atoms. The molecule has 0 bridgehead atoms. The lowest BCUT2D eigenvalue weighted by Gasteiger charge is -2.13. The first-order valence-corrected chi connectivity index (χ1v) is 8.22. The molecule has 0 amide bonds. The quantitative estimate of drug-likeness (QED) is 0.657. The largest absolute Gasteiger partial charge is 0.492 e. The maximum atomic E-state index is 12.9. The molecule has 2 heterocycles. The number of rotatable bonds is 5. The fourth-order valence-electron chi connectivity index (χ4n) is 2.95. The first-order valence-electron chi connectivity index (χ1n) is 8.22. The Balaban J connectivity index is 2.46. The zero-order valence-corrected chi connectivity index (χ0v) is 14.7. The second kappa shape index (κ2) is 6.54. The molecular formula is C17H20N4O4. The summed E-state index contributed by atoms with van der Waals surface area (Å²) in [5, 5.41) is 8.63. The van der Waals surface area contributed by atoms with Crippen LogP contribution < -0.4 is 10.2 Å². The zero-order chi connectivity index (χ0) is 18.1. The standard InChI is InChI=1S/C17H20N4O4/c1-5-21-9-11(17(23)25-7-3)16(22)10-8-12(24-6-2)15-13(14(10)21)18-19-20(15)4/h8-9H,5-7H2,1-4H3. The summed E-state index contributed by atoms with van der Waals surface area (Å²) < 4.78 is 14.1. The first kappa shape index (κ1) is 16.9. The first-order chi connectivity index (χ1) is 12.0. The normalized spacial score (nSPS) is 11.2. The molecule has 0 radical (unpaired) electrons. The predicted molar refractivity (Wildman–Crippen MR) is 93.1 cm³/mol. The third-order valence-electron chi connectivity index (χ3n) is 4.01. The molecule has 3 rings (SSSR count). The molecule has 2 aromatic heterocycles. The van der Waals surface area contributed by atoms with E-state index in [0.29, 0.717) is 40.8 Å². The van der Waals surface area contributed by atoms with Crippen LogP contribution in [0.2, 0.25) is 0 Å². The average Bonchev–Trinajstić information content (AvgIpc) is 2.98. The molecular weight excluding hydrogens is 324 g/mol. The van der Waals surface area contributed by atoms with Crippen LogP contribution in [0.4, 0.5) is 0 Å². The number of ether oxygens (including phenoxy) is 2. The SMILES string of the molecule is CCOC(=O)c1cn(CC)c2c(cc(OCC)c3c2nnn3C)c1=O. The van der Waals surface area contributed by atoms with Crippen LogP contribution in [0.1, 0.15) is 31.1 Å². The van der Waals surface area contributed by atoms with Crippen molar-refractivity contribution in [1.29, 1.82) is 0 Å². The van der Waals surface area contributed by atoms with Crippen molar-refractivity contribution in [3.8, 4) is 5.75 Å². The van der Waals surface area contributed by atoms with Gasteiger partial charge in [0.25, 0.3) is 0 Å². The Morgan fingerprint density at radius 2 is 1.96 bits per heavy atom. The number of carbonyl (C=O) groups excluding carboxylic acids is 1. The maximum Gasteiger partial charge on any atom is 0.343 e. The number of carbonyl (C=O) groups is 1. The van der Waals surface area contributed by atoms with Crippen molar-refractivity contribution >= 4 is 27.9 Å². The molecule has 0 aliphatic heterocycles. The van der Waals surface area contributed by atoms with E-state index in [1.807, 2.05) is 18.4 Å². The van der Waals surface area contributed by atoms with Gasteiger partial charge in [-0.25, -0.2) is 9.48 Å². The van der Waals surface area contributed by atoms with Gasteiger partial charge in [-0.05, 0) is 26.8 Å². The molecule has 0 aliphatic carbocycles. The van der Waals surface area contributed by atoms with E-state index in [2.05, 4.69) is 10.3 Å². The van der Waals surface area contributed by atoms with Gasteiger partial charge in [0.05, 0.1) is 24.1 Å². The Labute approximate surface area is 143 Å². The summed E-state index contributed by atoms with van der Waals surface area (Å²) in [7, 11) is 1.77. The van der Waals surface area contributed by atoms with Crippen LogP contribution >= 0.6 is 0 Å². The summed E-state index contributed by atoms with van der Waals surface area (Å²) in [5.41, 5.74) is 1.51. The molecule has 0 aliphatic rings. The van der Waals surface area contributed by atoms with Gasteiger partial charge in [-0.2, -0.15) is 0 Å². The minimum atomic E-state index is -0.631. The van der Waals surface area contributed by atoms with Crippen LogP contribution in [0, 0.1) is 0 Å². The molecule has 25 heavy (non-hydrogen) atoms. The van der Waals surface area contributed by atoms with Gasteiger partial charge in [0.1, 0.15) is 22.3 Å². The lowest BCUT2D eigenvalue weighted by molar-refractivity contribution is 0.0524. The number of hydrogen-bond donors (Lipinski definition) is 0. The van der Waals surface area contributed by atoms with Crippen LogP contribution in [0.25, 0.3) is 21.9 Å². The summed E-state index contributed by atoms with van der Waals surface area (Å²) in [5.74, 6) is -0.118. The topological polar surface area (TPSA) is 88.2 Å². The van der Waals surface area contributed by atoms with Crippen molar-refractivity contribution in [2.75, 3.05) is 13.2 Å². The van der Waals surface area contributed by atoms with Crippen molar-refractivity contribution in [2.45, 2.75) is 27.3 Å². The number of benzene rings is 1. The molecule has 132 valence electrons. The van der Waals surface area contributed by atoms with Gasteiger partial charge in [0, 0.05) is 19.8 Å². The molecule has 0 saturated heterocycles. The van der Waals surface area contributed by atoms with E-state index in [-0.39, 0.29) is 12.2 Å². The van der Waals surface area contributed by atoms with E-state index in [0.717, 1.165) is 0 Å². The second-order valence-electron chi connectivity index (χ2n) is 5.49. The van der Waals surface area contributed by atoms with E-state index in [1.54, 1.807) is 24.7 Å². The van der Waals surface area contributed by atoms with E-state index in [4.69, 9.17) is 9.47 Å². The van der Waals surface area contributed by atoms with Gasteiger partial charge in [-0.15, -0.1) is 5.10 Å². The van der Waals surface area contributed by atoms with Crippen molar-refractivity contribution in [2.24, 2.45) is 7.05 Å². The highest BCUT2D eigenvalue weighted by molar-refractivity contribution is 6.06. The fourth-order valence-corrected chi connectivity index (χ4v) is 2.95. The Morgan fingerprint density at radius 3 is 2.60 bits per heavy atom. The van der Waals surface area contributed by atoms with Crippen LogP contribution in [0.15, 0.2) is 17.1 Å². The predicted octanol–water partition coefficient (Wildman–Crippen LogP) is 1.88. The summed E-state index contributed by atoms with van der Waals surface area (Å²) in [4.78, 5) is 25.1. The molecule has 0 atom stereocenters.